The number of hydrogen-bond donors (Lipinski definition) is 1. The lowest BCUT2D eigenvalue weighted by molar-refractivity contribution is -0.140. The van der Waals surface area contributed by atoms with Gasteiger partial charge in [0.2, 0.25) is 11.8 Å². The van der Waals surface area contributed by atoms with Crippen molar-refractivity contribution in [3.63, 3.8) is 0 Å². The van der Waals surface area contributed by atoms with E-state index >= 15 is 0 Å². The van der Waals surface area contributed by atoms with Crippen LogP contribution in [0.15, 0.2) is 108 Å². The third kappa shape index (κ3) is 8.53. The van der Waals surface area contributed by atoms with Crippen LogP contribution in [0.4, 0.5) is 5.69 Å². The van der Waals surface area contributed by atoms with Crippen molar-refractivity contribution in [2.75, 3.05) is 10.8 Å². The molecule has 0 radical (unpaired) electrons. The predicted molar refractivity (Wildman–Crippen MR) is 181 cm³/mol. The Labute approximate surface area is 271 Å². The van der Waals surface area contributed by atoms with Gasteiger partial charge in [-0.3, -0.25) is 13.9 Å². The average molecular weight is 646 g/mol. The van der Waals surface area contributed by atoms with Gasteiger partial charge in [0.15, 0.2) is 0 Å². The maximum Gasteiger partial charge on any atom is 0.264 e. The lowest BCUT2D eigenvalue weighted by Gasteiger charge is -2.34. The van der Waals surface area contributed by atoms with Gasteiger partial charge in [0, 0.05) is 24.0 Å². The summed E-state index contributed by atoms with van der Waals surface area (Å²) >= 11 is 6.57. The maximum atomic E-state index is 14.6. The number of nitrogens with one attached hydrogen (secondary N) is 1. The number of rotatable bonds is 13. The van der Waals surface area contributed by atoms with Crippen LogP contribution in [0.2, 0.25) is 5.02 Å². The Hall–Kier alpha value is -4.14. The van der Waals surface area contributed by atoms with E-state index in [1.807, 2.05) is 70.2 Å². The van der Waals surface area contributed by atoms with Gasteiger partial charge in [0.05, 0.1) is 10.6 Å². The van der Waals surface area contributed by atoms with Crippen LogP contribution in [0.1, 0.15) is 42.5 Å². The van der Waals surface area contributed by atoms with Gasteiger partial charge in [-0.05, 0) is 79.8 Å². The van der Waals surface area contributed by atoms with Crippen LogP contribution in [-0.4, -0.2) is 43.8 Å². The van der Waals surface area contributed by atoms with Crippen molar-refractivity contribution in [3.05, 3.63) is 130 Å². The maximum absolute atomic E-state index is 14.6. The van der Waals surface area contributed by atoms with Crippen LogP contribution in [-0.2, 0) is 32.6 Å². The van der Waals surface area contributed by atoms with E-state index in [0.29, 0.717) is 22.7 Å². The van der Waals surface area contributed by atoms with E-state index in [1.54, 1.807) is 48.5 Å². The molecule has 9 heteroatoms. The molecule has 0 saturated heterocycles. The molecule has 0 aromatic heterocycles. The largest absolute Gasteiger partial charge is 0.352 e. The zero-order valence-electron chi connectivity index (χ0n) is 26.1. The van der Waals surface area contributed by atoms with Crippen molar-refractivity contribution in [1.82, 2.24) is 10.2 Å². The fraction of sp³-hybridized carbons (Fsp3) is 0.278. The highest BCUT2D eigenvalue weighted by Gasteiger charge is 2.35. The number of halogens is 1. The lowest BCUT2D eigenvalue weighted by atomic mass is 10.0. The monoisotopic (exact) mass is 645 g/mol. The molecule has 236 valence electrons. The second kappa shape index (κ2) is 15.2. The molecular weight excluding hydrogens is 606 g/mol. The Kier molecular flexibility index (Phi) is 11.4. The van der Waals surface area contributed by atoms with E-state index < -0.39 is 28.5 Å². The lowest BCUT2D eigenvalue weighted by Crippen LogP contribution is -2.54. The molecule has 0 bridgehead atoms. The molecule has 4 aromatic rings. The molecule has 0 fully saturated rings. The Balaban J connectivity index is 1.83. The summed E-state index contributed by atoms with van der Waals surface area (Å²) in [5, 5.41) is 3.49. The molecule has 0 saturated carbocycles. The number of carbonyl (C=O) groups excluding carboxylic acids is 2. The number of aryl methyl sites for hydroxylation is 2. The minimum atomic E-state index is -4.16. The third-order valence-electron chi connectivity index (χ3n) is 7.96. The number of benzene rings is 4. The first kappa shape index (κ1) is 33.7. The molecule has 4 aromatic carbocycles. The standard InChI is InChI=1S/C36H40ClN3O4S/c1-5-28(4)38-36(42)34(23-29-14-8-6-9-15-29)39(24-30-16-12-13-19-33(30)37)35(41)25-40(31-21-20-26(2)27(3)22-31)45(43,44)32-17-10-7-11-18-32/h6-22,28,34H,5,23-25H2,1-4H3,(H,38,42)/t28-,34+/m0/s1. The number of carbonyl (C=O) groups is 2. The van der Waals surface area contributed by atoms with E-state index in [0.717, 1.165) is 21.0 Å². The number of sulfonamides is 1. The van der Waals surface area contributed by atoms with Crippen LogP contribution in [0.5, 0.6) is 0 Å². The van der Waals surface area contributed by atoms with Crippen molar-refractivity contribution < 1.29 is 18.0 Å². The first-order valence-corrected chi connectivity index (χ1v) is 16.8. The fourth-order valence-electron chi connectivity index (χ4n) is 4.93. The topological polar surface area (TPSA) is 86.8 Å². The van der Waals surface area contributed by atoms with E-state index in [9.17, 15) is 18.0 Å². The van der Waals surface area contributed by atoms with E-state index in [2.05, 4.69) is 5.32 Å². The van der Waals surface area contributed by atoms with Gasteiger partial charge < -0.3 is 10.2 Å². The molecule has 0 heterocycles. The molecule has 2 atom stereocenters. The van der Waals surface area contributed by atoms with Crippen LogP contribution in [0.25, 0.3) is 0 Å². The number of hydrogen-bond acceptors (Lipinski definition) is 4. The Morgan fingerprint density at radius 2 is 1.47 bits per heavy atom. The first-order chi connectivity index (χ1) is 21.5. The minimum absolute atomic E-state index is 0.0100. The third-order valence-corrected chi connectivity index (χ3v) is 10.1. The molecule has 7 nitrogen and oxygen atoms in total. The Morgan fingerprint density at radius 1 is 0.844 bits per heavy atom. The molecule has 1 N–H and O–H groups in total. The minimum Gasteiger partial charge on any atom is -0.352 e. The van der Waals surface area contributed by atoms with Gasteiger partial charge in [-0.2, -0.15) is 0 Å². The van der Waals surface area contributed by atoms with Crippen molar-refractivity contribution in [1.29, 1.82) is 0 Å². The summed E-state index contributed by atoms with van der Waals surface area (Å²) in [7, 11) is -4.16. The molecular formula is C36H40ClN3O4S. The van der Waals surface area contributed by atoms with Gasteiger partial charge in [-0.25, -0.2) is 8.42 Å². The summed E-state index contributed by atoms with van der Waals surface area (Å²) in [6, 6.07) is 28.9. The highest BCUT2D eigenvalue weighted by Crippen LogP contribution is 2.27. The summed E-state index contributed by atoms with van der Waals surface area (Å²) in [5.74, 6) is -0.856. The summed E-state index contributed by atoms with van der Waals surface area (Å²) < 4.78 is 29.4. The second-order valence-electron chi connectivity index (χ2n) is 11.2. The summed E-state index contributed by atoms with van der Waals surface area (Å²) in [6.45, 7) is 7.20. The smallest absolute Gasteiger partial charge is 0.264 e. The van der Waals surface area contributed by atoms with Gasteiger partial charge >= 0.3 is 0 Å². The average Bonchev–Trinajstić information content (AvgIpc) is 3.04. The highest BCUT2D eigenvalue weighted by molar-refractivity contribution is 7.92. The summed E-state index contributed by atoms with van der Waals surface area (Å²) in [5.41, 5.74) is 3.74. The molecule has 0 aliphatic rings. The van der Waals surface area contributed by atoms with Gasteiger partial charge in [0.25, 0.3) is 10.0 Å². The van der Waals surface area contributed by atoms with Gasteiger partial charge in [-0.1, -0.05) is 91.3 Å². The summed E-state index contributed by atoms with van der Waals surface area (Å²) in [6.07, 6.45) is 0.937. The number of amides is 2. The number of anilines is 1. The molecule has 0 aliphatic carbocycles. The second-order valence-corrected chi connectivity index (χ2v) is 13.5. The molecule has 4 rings (SSSR count). The van der Waals surface area contributed by atoms with Crippen LogP contribution >= 0.6 is 11.6 Å². The van der Waals surface area contributed by atoms with Crippen molar-refractivity contribution in [3.8, 4) is 0 Å². The van der Waals surface area contributed by atoms with Crippen molar-refractivity contribution >= 4 is 39.1 Å². The molecule has 0 unspecified atom stereocenters. The predicted octanol–water partition coefficient (Wildman–Crippen LogP) is 6.71. The Morgan fingerprint density at radius 3 is 2.09 bits per heavy atom. The van der Waals surface area contributed by atoms with Crippen molar-refractivity contribution in [2.45, 2.75) is 64.1 Å². The fourth-order valence-corrected chi connectivity index (χ4v) is 6.56. The molecule has 45 heavy (non-hydrogen) atoms. The zero-order valence-corrected chi connectivity index (χ0v) is 27.7. The van der Waals surface area contributed by atoms with E-state index in [-0.39, 0.29) is 29.8 Å². The molecule has 2 amide bonds. The molecule has 0 spiro atoms. The van der Waals surface area contributed by atoms with Crippen LogP contribution < -0.4 is 9.62 Å². The quantitative estimate of drug-likeness (QED) is 0.175. The van der Waals surface area contributed by atoms with E-state index in [4.69, 9.17) is 11.6 Å². The summed E-state index contributed by atoms with van der Waals surface area (Å²) in [4.78, 5) is 30.0. The number of nitrogens with zero attached hydrogens (tertiary/aromatic N) is 2. The Bertz CT molecular complexity index is 1720. The SMILES string of the molecule is CC[C@H](C)NC(=O)[C@@H](Cc1ccccc1)N(Cc1ccccc1Cl)C(=O)CN(c1ccc(C)c(C)c1)S(=O)(=O)c1ccccc1. The van der Waals surface area contributed by atoms with Crippen molar-refractivity contribution in [2.24, 2.45) is 0 Å². The van der Waals surface area contributed by atoms with Crippen LogP contribution in [0, 0.1) is 13.8 Å². The van der Waals surface area contributed by atoms with Gasteiger partial charge in [-0.15, -0.1) is 0 Å². The van der Waals surface area contributed by atoms with E-state index in [1.165, 1.54) is 17.0 Å². The highest BCUT2D eigenvalue weighted by atomic mass is 35.5. The normalized spacial score (nSPS) is 12.6. The van der Waals surface area contributed by atoms with Crippen LogP contribution in [0.3, 0.4) is 0 Å². The van der Waals surface area contributed by atoms with Gasteiger partial charge in [0.1, 0.15) is 12.6 Å². The first-order valence-electron chi connectivity index (χ1n) is 15.0. The molecule has 0 aliphatic heterocycles. The zero-order chi connectivity index (χ0) is 32.6.